The number of ether oxygens (including phenoxy) is 1. The van der Waals surface area contributed by atoms with Crippen molar-refractivity contribution >= 4 is 41.1 Å². The van der Waals surface area contributed by atoms with Gasteiger partial charge < -0.3 is 9.84 Å². The molecule has 6 heteroatoms. The predicted molar refractivity (Wildman–Crippen MR) is 87.9 cm³/mol. The molecule has 114 valence electrons. The smallest absolute Gasteiger partial charge is 0.344 e. The Morgan fingerprint density at radius 1 is 1.18 bits per heavy atom. The highest BCUT2D eigenvalue weighted by molar-refractivity contribution is 6.42. The monoisotopic (exact) mass is 337 g/mol. The standard InChI is InChI=1S/C16H13Cl2NO3/c1-10(16(20)21)22-13-5-2-11(3-6-13)9-19-12-4-7-14(17)15(18)8-12/h2-10H,1H3,(H,20,21)/t10-/m0/s1. The minimum atomic E-state index is -1.01. The summed E-state index contributed by atoms with van der Waals surface area (Å²) in [7, 11) is 0. The van der Waals surface area contributed by atoms with Gasteiger partial charge in [0.1, 0.15) is 5.75 Å². The first-order valence-corrected chi connectivity index (χ1v) is 7.20. The van der Waals surface area contributed by atoms with Crippen molar-refractivity contribution in [3.05, 3.63) is 58.1 Å². The second-order valence-electron chi connectivity index (χ2n) is 4.52. The van der Waals surface area contributed by atoms with Crippen LogP contribution in [-0.2, 0) is 4.79 Å². The summed E-state index contributed by atoms with van der Waals surface area (Å²) >= 11 is 11.8. The van der Waals surface area contributed by atoms with Gasteiger partial charge in [0.05, 0.1) is 15.7 Å². The SMILES string of the molecule is C[C@H](Oc1ccc(C=Nc2ccc(Cl)c(Cl)c2)cc1)C(=O)O. The van der Waals surface area contributed by atoms with Gasteiger partial charge in [0.2, 0.25) is 0 Å². The summed E-state index contributed by atoms with van der Waals surface area (Å²) in [5, 5.41) is 9.71. The first-order chi connectivity index (χ1) is 10.5. The minimum absolute atomic E-state index is 0.447. The van der Waals surface area contributed by atoms with E-state index in [4.69, 9.17) is 33.0 Å². The predicted octanol–water partition coefficient (Wildman–Crippen LogP) is 4.60. The Hall–Kier alpha value is -2.04. The summed E-state index contributed by atoms with van der Waals surface area (Å²) in [6.07, 6.45) is 0.778. The summed E-state index contributed by atoms with van der Waals surface area (Å²) in [6.45, 7) is 1.47. The van der Waals surface area contributed by atoms with E-state index in [9.17, 15) is 4.79 Å². The maximum atomic E-state index is 10.7. The van der Waals surface area contributed by atoms with Crippen molar-refractivity contribution in [2.75, 3.05) is 0 Å². The fraction of sp³-hybridized carbons (Fsp3) is 0.125. The molecular formula is C16H13Cl2NO3. The molecule has 0 unspecified atom stereocenters. The van der Waals surface area contributed by atoms with Crippen LogP contribution in [0.1, 0.15) is 12.5 Å². The number of rotatable bonds is 5. The highest BCUT2D eigenvalue weighted by Crippen LogP contribution is 2.26. The minimum Gasteiger partial charge on any atom is -0.479 e. The molecule has 1 atom stereocenters. The molecule has 1 N–H and O–H groups in total. The van der Waals surface area contributed by atoms with Gasteiger partial charge in [-0.2, -0.15) is 0 Å². The summed E-state index contributed by atoms with van der Waals surface area (Å²) in [6, 6.07) is 12.1. The number of hydrogen-bond acceptors (Lipinski definition) is 3. The number of aliphatic imine (C=N–C) groups is 1. The number of carboxylic acid groups (broad SMARTS) is 1. The van der Waals surface area contributed by atoms with Crippen LogP contribution in [-0.4, -0.2) is 23.4 Å². The van der Waals surface area contributed by atoms with Crippen LogP contribution >= 0.6 is 23.2 Å². The lowest BCUT2D eigenvalue weighted by Gasteiger charge is -2.09. The van der Waals surface area contributed by atoms with E-state index in [2.05, 4.69) is 4.99 Å². The maximum Gasteiger partial charge on any atom is 0.344 e. The second kappa shape index (κ2) is 7.29. The number of nitrogens with zero attached hydrogens (tertiary/aromatic N) is 1. The van der Waals surface area contributed by atoms with E-state index in [-0.39, 0.29) is 0 Å². The molecule has 2 rings (SSSR count). The van der Waals surface area contributed by atoms with Gasteiger partial charge in [-0.1, -0.05) is 23.2 Å². The summed E-state index contributed by atoms with van der Waals surface area (Å²) in [5.74, 6) is -0.521. The largest absolute Gasteiger partial charge is 0.479 e. The topological polar surface area (TPSA) is 58.9 Å². The van der Waals surface area contributed by atoms with Crippen molar-refractivity contribution in [1.29, 1.82) is 0 Å². The van der Waals surface area contributed by atoms with E-state index in [0.717, 1.165) is 5.56 Å². The Kier molecular flexibility index (Phi) is 5.41. The lowest BCUT2D eigenvalue weighted by atomic mass is 10.2. The van der Waals surface area contributed by atoms with E-state index in [1.54, 1.807) is 48.7 Å². The summed E-state index contributed by atoms with van der Waals surface area (Å²) in [4.78, 5) is 15.0. The highest BCUT2D eigenvalue weighted by Gasteiger charge is 2.11. The van der Waals surface area contributed by atoms with E-state index in [1.807, 2.05) is 0 Å². The van der Waals surface area contributed by atoms with Crippen LogP contribution in [0.25, 0.3) is 0 Å². The van der Waals surface area contributed by atoms with E-state index < -0.39 is 12.1 Å². The fourth-order valence-electron chi connectivity index (χ4n) is 1.60. The third-order valence-electron chi connectivity index (χ3n) is 2.81. The van der Waals surface area contributed by atoms with Crippen LogP contribution < -0.4 is 4.74 Å². The molecule has 0 spiro atoms. The molecule has 0 aliphatic carbocycles. The van der Waals surface area contributed by atoms with Crippen LogP contribution in [0.2, 0.25) is 10.0 Å². The fourth-order valence-corrected chi connectivity index (χ4v) is 1.89. The van der Waals surface area contributed by atoms with E-state index in [1.165, 1.54) is 6.92 Å². The molecule has 2 aromatic carbocycles. The van der Waals surface area contributed by atoms with Gasteiger partial charge >= 0.3 is 5.97 Å². The molecule has 0 saturated heterocycles. The van der Waals surface area contributed by atoms with E-state index >= 15 is 0 Å². The molecule has 0 heterocycles. The van der Waals surface area contributed by atoms with Crippen LogP contribution in [0.4, 0.5) is 5.69 Å². The Labute approximate surface area is 138 Å². The lowest BCUT2D eigenvalue weighted by molar-refractivity contribution is -0.144. The molecule has 0 bridgehead atoms. The summed E-state index contributed by atoms with van der Waals surface area (Å²) < 4.78 is 5.25. The van der Waals surface area contributed by atoms with Gasteiger partial charge in [-0.15, -0.1) is 0 Å². The number of benzene rings is 2. The lowest BCUT2D eigenvalue weighted by Crippen LogP contribution is -2.22. The molecule has 0 aliphatic heterocycles. The highest BCUT2D eigenvalue weighted by atomic mass is 35.5. The Bertz CT molecular complexity index is 699. The average molecular weight is 338 g/mol. The molecule has 0 radical (unpaired) electrons. The number of halogens is 2. The molecule has 0 amide bonds. The second-order valence-corrected chi connectivity index (χ2v) is 5.34. The Balaban J connectivity index is 2.05. The first-order valence-electron chi connectivity index (χ1n) is 6.44. The van der Waals surface area contributed by atoms with Crippen molar-refractivity contribution in [3.63, 3.8) is 0 Å². The van der Waals surface area contributed by atoms with E-state index in [0.29, 0.717) is 21.5 Å². The molecular weight excluding hydrogens is 325 g/mol. The zero-order valence-corrected chi connectivity index (χ0v) is 13.2. The van der Waals surface area contributed by atoms with Crippen LogP contribution in [0, 0.1) is 0 Å². The molecule has 22 heavy (non-hydrogen) atoms. The van der Waals surface area contributed by atoms with Gasteiger partial charge in [-0.25, -0.2) is 4.79 Å². The van der Waals surface area contributed by atoms with Gasteiger partial charge in [0.25, 0.3) is 0 Å². The molecule has 0 aliphatic rings. The van der Waals surface area contributed by atoms with Crippen LogP contribution in [0.15, 0.2) is 47.5 Å². The van der Waals surface area contributed by atoms with Gasteiger partial charge in [-0.3, -0.25) is 4.99 Å². The Morgan fingerprint density at radius 3 is 2.45 bits per heavy atom. The van der Waals surface area contributed by atoms with Crippen LogP contribution in [0.3, 0.4) is 0 Å². The molecule has 0 saturated carbocycles. The van der Waals surface area contributed by atoms with Crippen molar-refractivity contribution in [3.8, 4) is 5.75 Å². The number of hydrogen-bond donors (Lipinski definition) is 1. The van der Waals surface area contributed by atoms with Gasteiger partial charge in [0.15, 0.2) is 6.10 Å². The molecule has 0 aromatic heterocycles. The van der Waals surface area contributed by atoms with Crippen molar-refractivity contribution in [1.82, 2.24) is 0 Å². The van der Waals surface area contributed by atoms with Gasteiger partial charge in [0, 0.05) is 6.21 Å². The number of aliphatic carboxylic acids is 1. The van der Waals surface area contributed by atoms with Gasteiger partial charge in [-0.05, 0) is 55.0 Å². The summed E-state index contributed by atoms with van der Waals surface area (Å²) in [5.41, 5.74) is 1.54. The average Bonchev–Trinajstić information content (AvgIpc) is 2.49. The zero-order valence-electron chi connectivity index (χ0n) is 11.7. The molecule has 2 aromatic rings. The number of carboxylic acids is 1. The van der Waals surface area contributed by atoms with Crippen molar-refractivity contribution in [2.45, 2.75) is 13.0 Å². The first kappa shape index (κ1) is 16.3. The molecule has 0 fully saturated rings. The molecule has 4 nitrogen and oxygen atoms in total. The third kappa shape index (κ3) is 4.48. The zero-order chi connectivity index (χ0) is 16.1. The van der Waals surface area contributed by atoms with Crippen LogP contribution in [0.5, 0.6) is 5.75 Å². The number of carbonyl (C=O) groups is 1. The maximum absolute atomic E-state index is 10.7. The quantitative estimate of drug-likeness (QED) is 0.811. The Morgan fingerprint density at radius 2 is 1.86 bits per heavy atom. The third-order valence-corrected chi connectivity index (χ3v) is 3.55. The normalized spacial score (nSPS) is 12.3. The van der Waals surface area contributed by atoms with Crippen molar-refractivity contribution < 1.29 is 14.6 Å². The van der Waals surface area contributed by atoms with Crippen molar-refractivity contribution in [2.24, 2.45) is 4.99 Å².